The van der Waals surface area contributed by atoms with Gasteiger partial charge in [-0.1, -0.05) is 52.9 Å². The summed E-state index contributed by atoms with van der Waals surface area (Å²) in [4.78, 5) is 12.0. The third-order valence-electron chi connectivity index (χ3n) is 3.16. The van der Waals surface area contributed by atoms with E-state index >= 15 is 0 Å². The molecule has 0 atom stereocenters. The van der Waals surface area contributed by atoms with Crippen molar-refractivity contribution < 1.29 is 9.90 Å². The number of carbonyl (C=O) groups is 1. The number of rotatable bonds is 10. The van der Waals surface area contributed by atoms with Gasteiger partial charge in [-0.05, 0) is 19.3 Å². The van der Waals surface area contributed by atoms with Crippen molar-refractivity contribution in [3.63, 3.8) is 0 Å². The van der Waals surface area contributed by atoms with Crippen LogP contribution in [0.15, 0.2) is 0 Å². The third-order valence-corrected chi connectivity index (χ3v) is 3.16. The SMILES string of the molecule is CCCCC(=O)C(O)(CCCC)CCCC. The van der Waals surface area contributed by atoms with Crippen molar-refractivity contribution in [2.75, 3.05) is 0 Å². The molecule has 2 nitrogen and oxygen atoms in total. The van der Waals surface area contributed by atoms with E-state index in [1.54, 1.807) is 0 Å². The number of hydrogen-bond acceptors (Lipinski definition) is 2. The van der Waals surface area contributed by atoms with Gasteiger partial charge in [-0.3, -0.25) is 4.79 Å². The first-order valence-electron chi connectivity index (χ1n) is 6.86. The summed E-state index contributed by atoms with van der Waals surface area (Å²) in [6.07, 6.45) is 7.71. The zero-order valence-electron chi connectivity index (χ0n) is 11.2. The van der Waals surface area contributed by atoms with Gasteiger partial charge in [-0.15, -0.1) is 0 Å². The Morgan fingerprint density at radius 1 is 0.938 bits per heavy atom. The number of aliphatic hydroxyl groups is 1. The predicted octanol–water partition coefficient (Wildman–Crippen LogP) is 3.86. The number of carbonyl (C=O) groups excluding carboxylic acids is 1. The molecule has 0 saturated carbocycles. The Hall–Kier alpha value is -0.370. The molecule has 0 aliphatic carbocycles. The van der Waals surface area contributed by atoms with Crippen molar-refractivity contribution in [1.29, 1.82) is 0 Å². The maximum atomic E-state index is 12.0. The van der Waals surface area contributed by atoms with Gasteiger partial charge in [0, 0.05) is 6.42 Å². The molecule has 0 aromatic rings. The van der Waals surface area contributed by atoms with Crippen LogP contribution in [0.1, 0.15) is 78.6 Å². The lowest BCUT2D eigenvalue weighted by molar-refractivity contribution is -0.139. The van der Waals surface area contributed by atoms with Crippen LogP contribution in [-0.2, 0) is 4.79 Å². The monoisotopic (exact) mass is 228 g/mol. The largest absolute Gasteiger partial charge is 0.382 e. The minimum atomic E-state index is -1.03. The zero-order chi connectivity index (χ0) is 12.4. The molecule has 16 heavy (non-hydrogen) atoms. The highest BCUT2D eigenvalue weighted by molar-refractivity contribution is 5.86. The van der Waals surface area contributed by atoms with E-state index in [1.165, 1.54) is 0 Å². The Balaban J connectivity index is 4.30. The quantitative estimate of drug-likeness (QED) is 0.616. The average molecular weight is 228 g/mol. The normalized spacial score (nSPS) is 11.8. The molecule has 0 aliphatic rings. The lowest BCUT2D eigenvalue weighted by atomic mass is 9.85. The summed E-state index contributed by atoms with van der Waals surface area (Å²) in [5.41, 5.74) is -1.03. The molecule has 0 heterocycles. The van der Waals surface area contributed by atoms with Crippen LogP contribution in [0.5, 0.6) is 0 Å². The van der Waals surface area contributed by atoms with Crippen LogP contribution in [0.4, 0.5) is 0 Å². The maximum Gasteiger partial charge on any atom is 0.164 e. The van der Waals surface area contributed by atoms with Crippen molar-refractivity contribution >= 4 is 5.78 Å². The van der Waals surface area contributed by atoms with Crippen molar-refractivity contribution in [2.45, 2.75) is 84.2 Å². The van der Waals surface area contributed by atoms with E-state index in [0.717, 1.165) is 38.5 Å². The number of ketones is 1. The van der Waals surface area contributed by atoms with Crippen LogP contribution in [0.25, 0.3) is 0 Å². The molecule has 2 heteroatoms. The van der Waals surface area contributed by atoms with Gasteiger partial charge in [0.2, 0.25) is 0 Å². The molecule has 0 aromatic heterocycles. The first-order chi connectivity index (χ1) is 7.60. The Bertz CT molecular complexity index is 179. The topological polar surface area (TPSA) is 37.3 Å². The Labute approximate surface area is 100 Å². The highest BCUT2D eigenvalue weighted by Gasteiger charge is 2.33. The van der Waals surface area contributed by atoms with Crippen LogP contribution in [0.3, 0.4) is 0 Å². The van der Waals surface area contributed by atoms with Crippen molar-refractivity contribution in [3.8, 4) is 0 Å². The van der Waals surface area contributed by atoms with E-state index in [4.69, 9.17) is 0 Å². The van der Waals surface area contributed by atoms with Gasteiger partial charge >= 0.3 is 0 Å². The van der Waals surface area contributed by atoms with Gasteiger partial charge in [0.05, 0.1) is 0 Å². The van der Waals surface area contributed by atoms with E-state index in [9.17, 15) is 9.90 Å². The number of Topliss-reactive ketones (excluding diaryl/α,β-unsaturated/α-hetero) is 1. The minimum absolute atomic E-state index is 0.0660. The lowest BCUT2D eigenvalue weighted by Gasteiger charge is -2.26. The summed E-state index contributed by atoms with van der Waals surface area (Å²) in [7, 11) is 0. The second kappa shape index (κ2) is 8.74. The first-order valence-corrected chi connectivity index (χ1v) is 6.86. The molecule has 0 aliphatic heterocycles. The predicted molar refractivity (Wildman–Crippen MR) is 68.5 cm³/mol. The molecule has 0 aromatic carbocycles. The second-order valence-electron chi connectivity index (χ2n) is 4.77. The van der Waals surface area contributed by atoms with E-state index in [1.807, 2.05) is 0 Å². The molecule has 1 N–H and O–H groups in total. The van der Waals surface area contributed by atoms with Gasteiger partial charge < -0.3 is 5.11 Å². The van der Waals surface area contributed by atoms with Crippen LogP contribution in [-0.4, -0.2) is 16.5 Å². The van der Waals surface area contributed by atoms with Gasteiger partial charge in [0.25, 0.3) is 0 Å². The van der Waals surface area contributed by atoms with E-state index < -0.39 is 5.60 Å². The molecule has 0 fully saturated rings. The van der Waals surface area contributed by atoms with E-state index in [2.05, 4.69) is 20.8 Å². The van der Waals surface area contributed by atoms with Gasteiger partial charge in [-0.25, -0.2) is 0 Å². The molecule has 0 bridgehead atoms. The van der Waals surface area contributed by atoms with Crippen LogP contribution >= 0.6 is 0 Å². The highest BCUT2D eigenvalue weighted by Crippen LogP contribution is 2.24. The lowest BCUT2D eigenvalue weighted by Crippen LogP contribution is -2.38. The average Bonchev–Trinajstić information content (AvgIpc) is 2.30. The summed E-state index contributed by atoms with van der Waals surface area (Å²) < 4.78 is 0. The second-order valence-corrected chi connectivity index (χ2v) is 4.77. The van der Waals surface area contributed by atoms with Crippen molar-refractivity contribution in [2.24, 2.45) is 0 Å². The third kappa shape index (κ3) is 5.64. The van der Waals surface area contributed by atoms with Crippen LogP contribution in [0.2, 0.25) is 0 Å². The maximum absolute atomic E-state index is 12.0. The summed E-state index contributed by atoms with van der Waals surface area (Å²) in [5.74, 6) is 0.0660. The molecule has 0 radical (unpaired) electrons. The van der Waals surface area contributed by atoms with E-state index in [-0.39, 0.29) is 5.78 Å². The van der Waals surface area contributed by atoms with E-state index in [0.29, 0.717) is 19.3 Å². The molecule has 0 saturated heterocycles. The Morgan fingerprint density at radius 2 is 1.38 bits per heavy atom. The zero-order valence-corrected chi connectivity index (χ0v) is 11.2. The first kappa shape index (κ1) is 15.6. The van der Waals surface area contributed by atoms with Gasteiger partial charge in [-0.2, -0.15) is 0 Å². The van der Waals surface area contributed by atoms with Crippen LogP contribution in [0, 0.1) is 0 Å². The number of hydrogen-bond donors (Lipinski definition) is 1. The van der Waals surface area contributed by atoms with Gasteiger partial charge in [0.1, 0.15) is 5.60 Å². The smallest absolute Gasteiger partial charge is 0.164 e. The summed E-state index contributed by atoms with van der Waals surface area (Å²) in [6.45, 7) is 6.26. The molecule has 0 unspecified atom stereocenters. The minimum Gasteiger partial charge on any atom is -0.382 e. The Kier molecular flexibility index (Phi) is 8.54. The molecular weight excluding hydrogens is 200 g/mol. The molecular formula is C14H28O2. The molecule has 0 rings (SSSR count). The summed E-state index contributed by atoms with van der Waals surface area (Å²) in [6, 6.07) is 0. The van der Waals surface area contributed by atoms with Crippen LogP contribution < -0.4 is 0 Å². The summed E-state index contributed by atoms with van der Waals surface area (Å²) >= 11 is 0. The fourth-order valence-corrected chi connectivity index (χ4v) is 1.91. The van der Waals surface area contributed by atoms with Crippen molar-refractivity contribution in [3.05, 3.63) is 0 Å². The fraction of sp³-hybridized carbons (Fsp3) is 0.929. The Morgan fingerprint density at radius 3 is 1.75 bits per heavy atom. The van der Waals surface area contributed by atoms with Crippen molar-refractivity contribution in [1.82, 2.24) is 0 Å². The summed E-state index contributed by atoms with van der Waals surface area (Å²) in [5, 5.41) is 10.4. The number of unbranched alkanes of at least 4 members (excludes halogenated alkanes) is 3. The highest BCUT2D eigenvalue weighted by atomic mass is 16.3. The molecule has 0 spiro atoms. The fourth-order valence-electron chi connectivity index (χ4n) is 1.91. The standard InChI is InChI=1S/C14H28O2/c1-4-7-10-13(15)14(16,11-8-5-2)12-9-6-3/h16H,4-12H2,1-3H3. The molecule has 0 amide bonds. The van der Waals surface area contributed by atoms with Gasteiger partial charge in [0.15, 0.2) is 5.78 Å². The molecule has 96 valence electrons.